The molecule has 0 amide bonds. The summed E-state index contributed by atoms with van der Waals surface area (Å²) < 4.78 is 2.09. The monoisotopic (exact) mass is 298 g/mol. The van der Waals surface area contributed by atoms with Gasteiger partial charge < -0.3 is 4.90 Å². The van der Waals surface area contributed by atoms with Gasteiger partial charge in [-0.2, -0.15) is 4.98 Å². The first-order valence-corrected chi connectivity index (χ1v) is 8.61. The van der Waals surface area contributed by atoms with Crippen molar-refractivity contribution >= 4 is 5.95 Å². The topological polar surface area (TPSA) is 34.0 Å². The number of hydrogen-bond acceptors (Lipinski definition) is 3. The Morgan fingerprint density at radius 2 is 1.82 bits per heavy atom. The number of nitrogens with zero attached hydrogens (tertiary/aromatic N) is 4. The SMILES string of the molecule is CCCCN(CCCC)c1nc2n(n1)CCc1ccccc1-2. The van der Waals surface area contributed by atoms with Crippen LogP contribution < -0.4 is 4.90 Å². The van der Waals surface area contributed by atoms with Crippen molar-refractivity contribution in [3.63, 3.8) is 0 Å². The first kappa shape index (κ1) is 15.1. The molecule has 0 atom stereocenters. The molecule has 3 rings (SSSR count). The third-order valence-corrected chi connectivity index (χ3v) is 4.36. The molecule has 0 saturated carbocycles. The number of hydrogen-bond donors (Lipinski definition) is 0. The Labute approximate surface area is 133 Å². The van der Waals surface area contributed by atoms with E-state index in [1.165, 1.54) is 36.8 Å². The van der Waals surface area contributed by atoms with Gasteiger partial charge in [0.25, 0.3) is 0 Å². The Bertz CT molecular complexity index is 609. The Hall–Kier alpha value is -1.84. The van der Waals surface area contributed by atoms with Gasteiger partial charge in [0, 0.05) is 25.2 Å². The summed E-state index contributed by atoms with van der Waals surface area (Å²) in [4.78, 5) is 7.24. The summed E-state index contributed by atoms with van der Waals surface area (Å²) >= 11 is 0. The molecule has 0 unspecified atom stereocenters. The van der Waals surface area contributed by atoms with Crippen LogP contribution in [0.1, 0.15) is 45.1 Å². The summed E-state index contributed by atoms with van der Waals surface area (Å²) in [5, 5.41) is 4.79. The van der Waals surface area contributed by atoms with Crippen molar-refractivity contribution in [2.24, 2.45) is 0 Å². The first-order chi connectivity index (χ1) is 10.8. The van der Waals surface area contributed by atoms with Crippen LogP contribution >= 0.6 is 0 Å². The molecule has 2 aromatic rings. The molecular weight excluding hydrogens is 272 g/mol. The van der Waals surface area contributed by atoms with Crippen molar-refractivity contribution < 1.29 is 0 Å². The summed E-state index contributed by atoms with van der Waals surface area (Å²) in [6.07, 6.45) is 5.86. The van der Waals surface area contributed by atoms with E-state index < -0.39 is 0 Å². The number of fused-ring (bicyclic) bond motifs is 3. The van der Waals surface area contributed by atoms with Crippen LogP contribution in [0.4, 0.5) is 5.95 Å². The lowest BCUT2D eigenvalue weighted by Crippen LogP contribution is -2.27. The quantitative estimate of drug-likeness (QED) is 0.777. The molecule has 1 aliphatic heterocycles. The fourth-order valence-electron chi connectivity index (χ4n) is 3.01. The van der Waals surface area contributed by atoms with E-state index in [1.807, 2.05) is 0 Å². The summed E-state index contributed by atoms with van der Waals surface area (Å²) in [5.41, 5.74) is 2.64. The predicted molar refractivity (Wildman–Crippen MR) is 91.2 cm³/mol. The highest BCUT2D eigenvalue weighted by atomic mass is 15.4. The molecule has 118 valence electrons. The zero-order valence-corrected chi connectivity index (χ0v) is 13.8. The molecule has 0 spiro atoms. The van der Waals surface area contributed by atoms with Gasteiger partial charge >= 0.3 is 0 Å². The van der Waals surface area contributed by atoms with E-state index in [0.717, 1.165) is 37.8 Å². The molecule has 0 N–H and O–H groups in total. The maximum Gasteiger partial charge on any atom is 0.245 e. The number of unbranched alkanes of at least 4 members (excludes halogenated alkanes) is 2. The normalized spacial score (nSPS) is 12.8. The van der Waals surface area contributed by atoms with Crippen molar-refractivity contribution in [3.8, 4) is 11.4 Å². The molecule has 4 heteroatoms. The van der Waals surface area contributed by atoms with Gasteiger partial charge in [-0.25, -0.2) is 4.68 Å². The Morgan fingerprint density at radius 3 is 2.55 bits per heavy atom. The standard InChI is InChI=1S/C18H26N4/c1-3-5-12-21(13-6-4-2)18-19-17-16-10-8-7-9-15(16)11-14-22(17)20-18/h7-10H,3-6,11-14H2,1-2H3. The minimum Gasteiger partial charge on any atom is -0.340 e. The molecule has 22 heavy (non-hydrogen) atoms. The van der Waals surface area contributed by atoms with Crippen molar-refractivity contribution in [1.82, 2.24) is 14.8 Å². The van der Waals surface area contributed by atoms with Gasteiger partial charge in [0.05, 0.1) is 0 Å². The number of anilines is 1. The number of aromatic nitrogens is 3. The molecule has 0 aliphatic carbocycles. The largest absolute Gasteiger partial charge is 0.340 e. The van der Waals surface area contributed by atoms with E-state index in [4.69, 9.17) is 10.1 Å². The van der Waals surface area contributed by atoms with Crippen LogP contribution in [0.15, 0.2) is 24.3 Å². The second-order valence-corrected chi connectivity index (χ2v) is 6.06. The van der Waals surface area contributed by atoms with E-state index >= 15 is 0 Å². The Kier molecular flexibility index (Phi) is 4.76. The van der Waals surface area contributed by atoms with Crippen LogP contribution in [-0.4, -0.2) is 27.9 Å². The molecule has 0 bridgehead atoms. The third kappa shape index (κ3) is 3.01. The number of rotatable bonds is 7. The van der Waals surface area contributed by atoms with Gasteiger partial charge in [-0.1, -0.05) is 51.0 Å². The zero-order chi connectivity index (χ0) is 15.4. The maximum atomic E-state index is 4.88. The van der Waals surface area contributed by atoms with E-state index in [2.05, 4.69) is 47.7 Å². The fraction of sp³-hybridized carbons (Fsp3) is 0.556. The third-order valence-electron chi connectivity index (χ3n) is 4.36. The van der Waals surface area contributed by atoms with Crippen LogP contribution in [-0.2, 0) is 13.0 Å². The van der Waals surface area contributed by atoms with Gasteiger partial charge in [0.15, 0.2) is 5.82 Å². The Balaban J connectivity index is 1.88. The second kappa shape index (κ2) is 6.95. The maximum absolute atomic E-state index is 4.88. The Morgan fingerprint density at radius 1 is 1.09 bits per heavy atom. The highest BCUT2D eigenvalue weighted by Gasteiger charge is 2.21. The van der Waals surface area contributed by atoms with Gasteiger partial charge in [-0.15, -0.1) is 5.10 Å². The smallest absolute Gasteiger partial charge is 0.245 e. The predicted octanol–water partition coefficient (Wildman–Crippen LogP) is 3.91. The van der Waals surface area contributed by atoms with Crippen LogP contribution in [0.25, 0.3) is 11.4 Å². The lowest BCUT2D eigenvalue weighted by Gasteiger charge is -2.20. The number of benzene rings is 1. The average Bonchev–Trinajstić information content (AvgIpc) is 2.99. The minimum absolute atomic E-state index is 0.911. The molecule has 2 heterocycles. The summed E-state index contributed by atoms with van der Waals surface area (Å²) in [6, 6.07) is 8.58. The van der Waals surface area contributed by atoms with Gasteiger partial charge in [-0.3, -0.25) is 0 Å². The van der Waals surface area contributed by atoms with Crippen LogP contribution in [0.5, 0.6) is 0 Å². The average molecular weight is 298 g/mol. The van der Waals surface area contributed by atoms with E-state index in [0.29, 0.717) is 0 Å². The molecule has 1 aliphatic rings. The molecule has 0 saturated heterocycles. The van der Waals surface area contributed by atoms with Gasteiger partial charge in [0.1, 0.15) is 0 Å². The lowest BCUT2D eigenvalue weighted by atomic mass is 10.0. The second-order valence-electron chi connectivity index (χ2n) is 6.06. The lowest BCUT2D eigenvalue weighted by molar-refractivity contribution is 0.596. The zero-order valence-electron chi connectivity index (χ0n) is 13.8. The molecule has 0 fully saturated rings. The van der Waals surface area contributed by atoms with Crippen molar-refractivity contribution in [2.75, 3.05) is 18.0 Å². The van der Waals surface area contributed by atoms with Crippen LogP contribution in [0.3, 0.4) is 0 Å². The van der Waals surface area contributed by atoms with Gasteiger partial charge in [-0.05, 0) is 24.8 Å². The van der Waals surface area contributed by atoms with E-state index in [9.17, 15) is 0 Å². The van der Waals surface area contributed by atoms with Crippen molar-refractivity contribution in [1.29, 1.82) is 0 Å². The van der Waals surface area contributed by atoms with E-state index in [1.54, 1.807) is 0 Å². The molecule has 4 nitrogen and oxygen atoms in total. The summed E-state index contributed by atoms with van der Waals surface area (Å²) in [5.74, 6) is 1.95. The summed E-state index contributed by atoms with van der Waals surface area (Å²) in [6.45, 7) is 7.53. The van der Waals surface area contributed by atoms with Crippen molar-refractivity contribution in [3.05, 3.63) is 29.8 Å². The molecule has 1 aromatic heterocycles. The van der Waals surface area contributed by atoms with Crippen molar-refractivity contribution in [2.45, 2.75) is 52.5 Å². The summed E-state index contributed by atoms with van der Waals surface area (Å²) in [7, 11) is 0. The highest BCUT2D eigenvalue weighted by molar-refractivity contribution is 5.63. The first-order valence-electron chi connectivity index (χ1n) is 8.61. The fourth-order valence-corrected chi connectivity index (χ4v) is 3.01. The molecular formula is C18H26N4. The van der Waals surface area contributed by atoms with Crippen LogP contribution in [0, 0.1) is 0 Å². The van der Waals surface area contributed by atoms with Crippen LogP contribution in [0.2, 0.25) is 0 Å². The van der Waals surface area contributed by atoms with E-state index in [-0.39, 0.29) is 0 Å². The molecule has 0 radical (unpaired) electrons. The number of aryl methyl sites for hydroxylation is 2. The molecule has 1 aromatic carbocycles. The van der Waals surface area contributed by atoms with Gasteiger partial charge in [0.2, 0.25) is 5.95 Å². The highest BCUT2D eigenvalue weighted by Crippen LogP contribution is 2.29. The minimum atomic E-state index is 0.911.